The van der Waals surface area contributed by atoms with Crippen molar-refractivity contribution in [1.29, 1.82) is 0 Å². The molecule has 84 valence electrons. The highest BCUT2D eigenvalue weighted by atomic mass is 16.1. The van der Waals surface area contributed by atoms with Crippen molar-refractivity contribution in [3.8, 4) is 0 Å². The van der Waals surface area contributed by atoms with Crippen LogP contribution in [0.5, 0.6) is 0 Å². The maximum absolute atomic E-state index is 11.6. The lowest BCUT2D eigenvalue weighted by Gasteiger charge is -2.10. The molecule has 0 aliphatic carbocycles. The van der Waals surface area contributed by atoms with Crippen molar-refractivity contribution in [2.24, 2.45) is 0 Å². The van der Waals surface area contributed by atoms with Crippen LogP contribution >= 0.6 is 0 Å². The molecule has 2 aromatic rings. The quantitative estimate of drug-likeness (QED) is 0.767. The first-order valence-corrected chi connectivity index (χ1v) is 5.13. The lowest BCUT2D eigenvalue weighted by atomic mass is 10.2. The molecule has 0 spiro atoms. The number of aromatic nitrogens is 4. The van der Waals surface area contributed by atoms with E-state index < -0.39 is 0 Å². The van der Waals surface area contributed by atoms with E-state index in [1.807, 2.05) is 6.92 Å². The number of fused-ring (bicyclic) bond motifs is 1. The van der Waals surface area contributed by atoms with Gasteiger partial charge in [0.15, 0.2) is 11.2 Å². The number of hydrogen-bond donors (Lipinski definition) is 1. The minimum Gasteiger partial charge on any atom is -0.314 e. The van der Waals surface area contributed by atoms with Gasteiger partial charge in [0.05, 0.1) is 18.7 Å². The number of rotatable bonds is 4. The van der Waals surface area contributed by atoms with Gasteiger partial charge in [0.1, 0.15) is 6.29 Å². The molecule has 1 unspecified atom stereocenters. The highest BCUT2D eigenvalue weighted by molar-refractivity contribution is 5.71. The van der Waals surface area contributed by atoms with Gasteiger partial charge >= 0.3 is 0 Å². The number of nitrogens with one attached hydrogen (secondary N) is 1. The minimum absolute atomic E-state index is 0.273. The Hall–Kier alpha value is -1.98. The number of carbonyl (C=O) groups is 1. The number of aldehydes is 1. The number of nitrogens with zero attached hydrogens (tertiary/aromatic N) is 3. The maximum atomic E-state index is 11.6. The van der Waals surface area contributed by atoms with Gasteiger partial charge in [-0.05, 0) is 6.42 Å². The molecule has 6 nitrogen and oxygen atoms in total. The zero-order chi connectivity index (χ0) is 11.5. The van der Waals surface area contributed by atoms with Crippen LogP contribution in [0.2, 0.25) is 0 Å². The summed E-state index contributed by atoms with van der Waals surface area (Å²) in [6, 6.07) is -0.347. The largest absolute Gasteiger partial charge is 0.314 e. The normalized spacial score (nSPS) is 12.8. The Morgan fingerprint density at radius 1 is 1.56 bits per heavy atom. The first-order chi connectivity index (χ1) is 7.77. The molecule has 0 radical (unpaired) electrons. The minimum atomic E-state index is -0.347. The third-order valence-corrected chi connectivity index (χ3v) is 2.47. The molecule has 2 rings (SSSR count). The van der Waals surface area contributed by atoms with Crippen molar-refractivity contribution >= 4 is 17.5 Å². The Kier molecular flexibility index (Phi) is 2.80. The van der Waals surface area contributed by atoms with Crippen LogP contribution in [0.3, 0.4) is 0 Å². The molecule has 0 aromatic carbocycles. The summed E-state index contributed by atoms with van der Waals surface area (Å²) in [6.45, 7) is 1.98. The Morgan fingerprint density at radius 3 is 3.06 bits per heavy atom. The molecule has 0 fully saturated rings. The lowest BCUT2D eigenvalue weighted by molar-refractivity contribution is -0.110. The maximum Gasteiger partial charge on any atom is 0.276 e. The smallest absolute Gasteiger partial charge is 0.276 e. The Bertz CT molecular complexity index is 557. The van der Waals surface area contributed by atoms with E-state index in [0.717, 1.165) is 12.7 Å². The van der Waals surface area contributed by atoms with Crippen molar-refractivity contribution in [1.82, 2.24) is 19.5 Å². The van der Waals surface area contributed by atoms with Crippen molar-refractivity contribution < 1.29 is 4.79 Å². The molecule has 6 heteroatoms. The van der Waals surface area contributed by atoms with Crippen molar-refractivity contribution in [2.45, 2.75) is 25.8 Å². The molecular weight excluding hydrogens is 208 g/mol. The Morgan fingerprint density at radius 2 is 2.38 bits per heavy atom. The fraction of sp³-hybridized carbons (Fsp3) is 0.400. The van der Waals surface area contributed by atoms with Crippen LogP contribution in [0.25, 0.3) is 11.2 Å². The summed E-state index contributed by atoms with van der Waals surface area (Å²) >= 11 is 0. The summed E-state index contributed by atoms with van der Waals surface area (Å²) in [5, 5.41) is 0. The van der Waals surface area contributed by atoms with Crippen molar-refractivity contribution in [3.63, 3.8) is 0 Å². The van der Waals surface area contributed by atoms with E-state index in [2.05, 4.69) is 15.0 Å². The predicted molar refractivity (Wildman–Crippen MR) is 58.2 cm³/mol. The second-order valence-electron chi connectivity index (χ2n) is 3.55. The zero-order valence-electron chi connectivity index (χ0n) is 8.88. The summed E-state index contributed by atoms with van der Waals surface area (Å²) in [7, 11) is 0. The topological polar surface area (TPSA) is 80.6 Å². The molecule has 1 N–H and O–H groups in total. The van der Waals surface area contributed by atoms with Gasteiger partial charge in [-0.1, -0.05) is 13.3 Å². The number of aromatic amines is 1. The van der Waals surface area contributed by atoms with Crippen LogP contribution in [-0.2, 0) is 4.79 Å². The number of hydrogen-bond acceptors (Lipinski definition) is 4. The summed E-state index contributed by atoms with van der Waals surface area (Å²) in [4.78, 5) is 33.0. The molecule has 0 saturated carbocycles. The van der Waals surface area contributed by atoms with Gasteiger partial charge in [-0.15, -0.1) is 0 Å². The molecule has 2 heterocycles. The van der Waals surface area contributed by atoms with E-state index >= 15 is 0 Å². The van der Waals surface area contributed by atoms with Gasteiger partial charge in [0.25, 0.3) is 5.56 Å². The van der Waals surface area contributed by atoms with Crippen LogP contribution in [0.4, 0.5) is 0 Å². The second kappa shape index (κ2) is 4.26. The molecule has 16 heavy (non-hydrogen) atoms. The molecule has 0 aliphatic heterocycles. The molecule has 0 aliphatic rings. The SMILES string of the molecule is CCCC(C=O)n1cnc2nc[nH]c(=O)c21. The van der Waals surface area contributed by atoms with Gasteiger partial charge in [-0.2, -0.15) is 0 Å². The average Bonchev–Trinajstić information content (AvgIpc) is 2.71. The summed E-state index contributed by atoms with van der Waals surface area (Å²) in [5.41, 5.74) is 0.449. The van der Waals surface area contributed by atoms with Crippen molar-refractivity contribution in [2.75, 3.05) is 0 Å². The highest BCUT2D eigenvalue weighted by Crippen LogP contribution is 2.15. The van der Waals surface area contributed by atoms with Gasteiger partial charge in [-0.3, -0.25) is 4.79 Å². The molecule has 1 atom stereocenters. The van der Waals surface area contributed by atoms with Gasteiger partial charge in [0.2, 0.25) is 0 Å². The van der Waals surface area contributed by atoms with E-state index in [9.17, 15) is 9.59 Å². The van der Waals surface area contributed by atoms with Crippen LogP contribution in [0, 0.1) is 0 Å². The Balaban J connectivity index is 2.60. The van der Waals surface area contributed by atoms with E-state index in [1.165, 1.54) is 12.7 Å². The fourth-order valence-corrected chi connectivity index (χ4v) is 1.70. The second-order valence-corrected chi connectivity index (χ2v) is 3.55. The highest BCUT2D eigenvalue weighted by Gasteiger charge is 2.15. The number of H-pyrrole nitrogens is 1. The molecule has 0 amide bonds. The van der Waals surface area contributed by atoms with E-state index in [1.54, 1.807) is 4.57 Å². The third-order valence-electron chi connectivity index (χ3n) is 2.47. The molecule has 0 saturated heterocycles. The average molecular weight is 220 g/mol. The molecule has 2 aromatic heterocycles. The molecular formula is C10H12N4O2. The van der Waals surface area contributed by atoms with E-state index in [-0.39, 0.29) is 11.6 Å². The van der Waals surface area contributed by atoms with E-state index in [4.69, 9.17) is 0 Å². The monoisotopic (exact) mass is 220 g/mol. The van der Waals surface area contributed by atoms with Crippen LogP contribution in [0.15, 0.2) is 17.4 Å². The van der Waals surface area contributed by atoms with Crippen molar-refractivity contribution in [3.05, 3.63) is 23.0 Å². The first kappa shape index (κ1) is 10.5. The lowest BCUT2D eigenvalue weighted by Crippen LogP contribution is -2.16. The summed E-state index contributed by atoms with van der Waals surface area (Å²) in [6.07, 6.45) is 5.17. The molecule has 0 bridgehead atoms. The van der Waals surface area contributed by atoms with Crippen LogP contribution in [-0.4, -0.2) is 25.8 Å². The fourth-order valence-electron chi connectivity index (χ4n) is 1.70. The number of carbonyl (C=O) groups excluding carboxylic acids is 1. The first-order valence-electron chi connectivity index (χ1n) is 5.13. The zero-order valence-corrected chi connectivity index (χ0v) is 8.88. The third kappa shape index (κ3) is 1.62. The van der Waals surface area contributed by atoms with E-state index in [0.29, 0.717) is 17.6 Å². The summed E-state index contributed by atoms with van der Waals surface area (Å²) in [5.74, 6) is 0. The Labute approximate surface area is 91.3 Å². The van der Waals surface area contributed by atoms with Gasteiger partial charge < -0.3 is 14.3 Å². The van der Waals surface area contributed by atoms with Crippen LogP contribution in [0.1, 0.15) is 25.8 Å². The van der Waals surface area contributed by atoms with Crippen LogP contribution < -0.4 is 5.56 Å². The standard InChI is InChI=1S/C10H12N4O2/c1-2-3-7(4-15)14-6-13-9-8(14)10(16)12-5-11-9/h4-7H,2-3H2,1H3,(H,11,12,16). The van der Waals surface area contributed by atoms with Gasteiger partial charge in [-0.25, -0.2) is 9.97 Å². The summed E-state index contributed by atoms with van der Waals surface area (Å²) < 4.78 is 1.58. The van der Waals surface area contributed by atoms with Gasteiger partial charge in [0, 0.05) is 0 Å². The number of imidazole rings is 1. The predicted octanol–water partition coefficient (Wildman–Crippen LogP) is 0.660.